The summed E-state index contributed by atoms with van der Waals surface area (Å²) >= 11 is 0. The summed E-state index contributed by atoms with van der Waals surface area (Å²) < 4.78 is 0. The maximum absolute atomic E-state index is 13.0. The van der Waals surface area contributed by atoms with Crippen molar-refractivity contribution in [3.8, 4) is 11.4 Å². The van der Waals surface area contributed by atoms with Crippen LogP contribution in [0.1, 0.15) is 54.3 Å². The first-order chi connectivity index (χ1) is 16.0. The average molecular weight is 446 g/mol. The van der Waals surface area contributed by atoms with Gasteiger partial charge in [0.05, 0.1) is 16.5 Å². The van der Waals surface area contributed by atoms with Gasteiger partial charge in [-0.25, -0.2) is 9.97 Å². The number of carbonyl (C=O) groups excluding carboxylic acids is 1. The number of amides is 1. The second-order valence-electron chi connectivity index (χ2n) is 8.01. The number of rotatable bonds is 7. The van der Waals surface area contributed by atoms with Gasteiger partial charge in [0.2, 0.25) is 0 Å². The molecule has 8 heteroatoms. The highest BCUT2D eigenvalue weighted by Crippen LogP contribution is 2.32. The summed E-state index contributed by atoms with van der Waals surface area (Å²) in [6, 6.07) is 14.5. The van der Waals surface area contributed by atoms with E-state index in [0.717, 1.165) is 43.6 Å². The van der Waals surface area contributed by atoms with Crippen LogP contribution in [0.5, 0.6) is 0 Å². The van der Waals surface area contributed by atoms with Crippen LogP contribution in [-0.2, 0) is 6.42 Å². The van der Waals surface area contributed by atoms with Gasteiger partial charge in [-0.2, -0.15) is 0 Å². The number of benzene rings is 2. The first-order valence-electron chi connectivity index (χ1n) is 11.3. The van der Waals surface area contributed by atoms with Gasteiger partial charge in [-0.15, -0.1) is 0 Å². The minimum absolute atomic E-state index is 0.0822. The number of nitrogens with zero attached hydrogens (tertiary/aromatic N) is 4. The number of fused-ring (bicyclic) bond motifs is 1. The standard InChI is InChI=1S/C25H27N5O3/c1-3-29(4-2)18-12-13-23(30(32)33)20(16-18)24-26-15-14-22(27-24)25(31)28-21-11-7-9-17-8-5-6-10-19(17)21/h5-6,8,10,12-16,21H,3-4,7,9,11H2,1-2H3,(H,28,31)/t21-/m0/s1. The van der Waals surface area contributed by atoms with Crippen LogP contribution in [0.4, 0.5) is 11.4 Å². The molecule has 3 aromatic rings. The summed E-state index contributed by atoms with van der Waals surface area (Å²) in [5.74, 6) is -0.157. The third kappa shape index (κ3) is 4.69. The summed E-state index contributed by atoms with van der Waals surface area (Å²) in [5.41, 5.74) is 3.62. The van der Waals surface area contributed by atoms with Crippen molar-refractivity contribution in [1.82, 2.24) is 15.3 Å². The summed E-state index contributed by atoms with van der Waals surface area (Å²) in [7, 11) is 0. The van der Waals surface area contributed by atoms with Crippen molar-refractivity contribution in [2.45, 2.75) is 39.2 Å². The van der Waals surface area contributed by atoms with Crippen molar-refractivity contribution < 1.29 is 9.72 Å². The lowest BCUT2D eigenvalue weighted by atomic mass is 9.87. The number of aromatic nitrogens is 2. The minimum atomic E-state index is -0.448. The zero-order valence-electron chi connectivity index (χ0n) is 18.8. The van der Waals surface area contributed by atoms with E-state index in [-0.39, 0.29) is 29.2 Å². The lowest BCUT2D eigenvalue weighted by Crippen LogP contribution is -2.31. The zero-order chi connectivity index (χ0) is 23.4. The summed E-state index contributed by atoms with van der Waals surface area (Å²) in [6.45, 7) is 5.57. The molecule has 0 spiro atoms. The molecule has 0 bridgehead atoms. The third-order valence-electron chi connectivity index (χ3n) is 6.11. The molecule has 0 unspecified atom stereocenters. The van der Waals surface area contributed by atoms with Crippen LogP contribution in [0.25, 0.3) is 11.4 Å². The molecule has 0 radical (unpaired) electrons. The molecule has 0 aliphatic heterocycles. The van der Waals surface area contributed by atoms with Gasteiger partial charge in [-0.3, -0.25) is 14.9 Å². The summed E-state index contributed by atoms with van der Waals surface area (Å²) in [6.07, 6.45) is 4.34. The molecule has 0 saturated carbocycles. The van der Waals surface area contributed by atoms with E-state index in [1.165, 1.54) is 23.9 Å². The van der Waals surface area contributed by atoms with Gasteiger partial charge in [-0.1, -0.05) is 24.3 Å². The maximum Gasteiger partial charge on any atom is 0.280 e. The molecule has 8 nitrogen and oxygen atoms in total. The molecule has 170 valence electrons. The van der Waals surface area contributed by atoms with E-state index >= 15 is 0 Å². The van der Waals surface area contributed by atoms with E-state index in [1.54, 1.807) is 12.1 Å². The largest absolute Gasteiger partial charge is 0.372 e. The van der Waals surface area contributed by atoms with Crippen LogP contribution < -0.4 is 10.2 Å². The van der Waals surface area contributed by atoms with Crippen molar-refractivity contribution in [2.75, 3.05) is 18.0 Å². The summed E-state index contributed by atoms with van der Waals surface area (Å²) in [4.78, 5) is 35.0. The number of carbonyl (C=O) groups is 1. The predicted molar refractivity (Wildman–Crippen MR) is 127 cm³/mol. The Morgan fingerprint density at radius 2 is 1.97 bits per heavy atom. The van der Waals surface area contributed by atoms with Gasteiger partial charge in [0, 0.05) is 31.0 Å². The Balaban J connectivity index is 1.65. The highest BCUT2D eigenvalue weighted by molar-refractivity contribution is 5.93. The molecule has 2 aromatic carbocycles. The number of aryl methyl sites for hydroxylation is 1. The van der Waals surface area contributed by atoms with Crippen LogP contribution in [0.15, 0.2) is 54.7 Å². The quantitative estimate of drug-likeness (QED) is 0.418. The third-order valence-corrected chi connectivity index (χ3v) is 6.11. The molecule has 0 fully saturated rings. The van der Waals surface area contributed by atoms with Crippen LogP contribution in [0.3, 0.4) is 0 Å². The number of hydrogen-bond acceptors (Lipinski definition) is 6. The molecular weight excluding hydrogens is 418 g/mol. The zero-order valence-corrected chi connectivity index (χ0v) is 18.8. The average Bonchev–Trinajstić information content (AvgIpc) is 2.85. The number of hydrogen-bond donors (Lipinski definition) is 1. The second kappa shape index (κ2) is 9.77. The molecule has 1 aliphatic carbocycles. The highest BCUT2D eigenvalue weighted by Gasteiger charge is 2.24. The van der Waals surface area contributed by atoms with E-state index in [4.69, 9.17) is 0 Å². The van der Waals surface area contributed by atoms with Crippen molar-refractivity contribution in [3.05, 3.63) is 81.7 Å². The van der Waals surface area contributed by atoms with E-state index in [2.05, 4.69) is 26.3 Å². The molecule has 0 saturated heterocycles. The van der Waals surface area contributed by atoms with Gasteiger partial charge in [-0.05, 0) is 62.4 Å². The van der Waals surface area contributed by atoms with Crippen LogP contribution in [0, 0.1) is 10.1 Å². The maximum atomic E-state index is 13.0. The van der Waals surface area contributed by atoms with E-state index in [1.807, 2.05) is 32.0 Å². The monoisotopic (exact) mass is 445 g/mol. The smallest absolute Gasteiger partial charge is 0.280 e. The SMILES string of the molecule is CCN(CC)c1ccc([N+](=O)[O-])c(-c2nccc(C(=O)N[C@H]3CCCc4ccccc43)n2)c1. The van der Waals surface area contributed by atoms with Gasteiger partial charge in [0.1, 0.15) is 5.69 Å². The van der Waals surface area contributed by atoms with E-state index in [0.29, 0.717) is 5.56 Å². The fourth-order valence-electron chi connectivity index (χ4n) is 4.40. The Labute approximate surface area is 192 Å². The second-order valence-corrected chi connectivity index (χ2v) is 8.01. The molecule has 1 aromatic heterocycles. The molecule has 1 amide bonds. The number of nitro groups is 1. The molecule has 4 rings (SSSR count). The van der Waals surface area contributed by atoms with Crippen LogP contribution in [0.2, 0.25) is 0 Å². The van der Waals surface area contributed by atoms with E-state index in [9.17, 15) is 14.9 Å². The van der Waals surface area contributed by atoms with Crippen molar-refractivity contribution in [3.63, 3.8) is 0 Å². The van der Waals surface area contributed by atoms with Crippen molar-refractivity contribution >= 4 is 17.3 Å². The Hall–Kier alpha value is -3.81. The molecule has 33 heavy (non-hydrogen) atoms. The normalized spacial score (nSPS) is 14.9. The number of nitrogens with one attached hydrogen (secondary N) is 1. The molecule has 1 atom stereocenters. The number of anilines is 1. The lowest BCUT2D eigenvalue weighted by molar-refractivity contribution is -0.384. The highest BCUT2D eigenvalue weighted by atomic mass is 16.6. The Morgan fingerprint density at radius 1 is 1.18 bits per heavy atom. The van der Waals surface area contributed by atoms with Crippen molar-refractivity contribution in [1.29, 1.82) is 0 Å². The van der Waals surface area contributed by atoms with Gasteiger partial charge in [0.15, 0.2) is 5.82 Å². The Morgan fingerprint density at radius 3 is 2.73 bits per heavy atom. The summed E-state index contributed by atoms with van der Waals surface area (Å²) in [5, 5.41) is 14.8. The lowest BCUT2D eigenvalue weighted by Gasteiger charge is -2.26. The topological polar surface area (TPSA) is 101 Å². The van der Waals surface area contributed by atoms with Gasteiger partial charge >= 0.3 is 0 Å². The Kier molecular flexibility index (Phi) is 6.63. The molecule has 1 aliphatic rings. The molecule has 1 heterocycles. The fourth-order valence-corrected chi connectivity index (χ4v) is 4.40. The number of nitro benzene ring substituents is 1. The minimum Gasteiger partial charge on any atom is -0.372 e. The fraction of sp³-hybridized carbons (Fsp3) is 0.320. The van der Waals surface area contributed by atoms with Gasteiger partial charge < -0.3 is 10.2 Å². The van der Waals surface area contributed by atoms with Gasteiger partial charge in [0.25, 0.3) is 11.6 Å². The van der Waals surface area contributed by atoms with Crippen molar-refractivity contribution in [2.24, 2.45) is 0 Å². The molecular formula is C25H27N5O3. The predicted octanol–water partition coefficient (Wildman–Crippen LogP) is 4.71. The molecule has 1 N–H and O–H groups in total. The Bertz CT molecular complexity index is 1180. The first kappa shape index (κ1) is 22.4. The first-order valence-corrected chi connectivity index (χ1v) is 11.3. The van der Waals surface area contributed by atoms with Crippen LogP contribution in [-0.4, -0.2) is 33.9 Å². The van der Waals surface area contributed by atoms with E-state index < -0.39 is 4.92 Å². The van der Waals surface area contributed by atoms with Crippen LogP contribution >= 0.6 is 0 Å².